The number of Topliss-reactive ketones (excluding diaryl/α,β-unsaturated/α-hetero) is 1. The summed E-state index contributed by atoms with van der Waals surface area (Å²) in [6.45, 7) is 64.2. The molecule has 2 aliphatic carbocycles. The maximum absolute atomic E-state index is 13.4. The molecule has 2 aliphatic heterocycles. The molecule has 0 bridgehead atoms. The highest BCUT2D eigenvalue weighted by Crippen LogP contribution is 2.62. The third-order valence-electron chi connectivity index (χ3n) is 24.2. The highest BCUT2D eigenvalue weighted by molar-refractivity contribution is 7.85. The van der Waals surface area contributed by atoms with Crippen LogP contribution in [-0.2, 0) is 44.0 Å². The Labute approximate surface area is 806 Å². The zero-order chi connectivity index (χ0) is 98.4. The lowest BCUT2D eigenvalue weighted by molar-refractivity contribution is -0.196. The summed E-state index contributed by atoms with van der Waals surface area (Å²) in [5, 5.41) is 18.8. The van der Waals surface area contributed by atoms with Crippen LogP contribution in [0.1, 0.15) is 159 Å². The molecule has 4 aliphatic rings. The van der Waals surface area contributed by atoms with E-state index in [-0.39, 0.29) is 69.3 Å². The van der Waals surface area contributed by atoms with Gasteiger partial charge in [0.25, 0.3) is 23.5 Å². The minimum Gasteiger partial charge on any atom is -0.489 e. The van der Waals surface area contributed by atoms with E-state index in [0.717, 1.165) is 103 Å². The number of hydrogen-bond donors (Lipinski definition) is 2. The van der Waals surface area contributed by atoms with Gasteiger partial charge in [-0.25, -0.2) is 24.1 Å². The first kappa shape index (κ1) is 104. The van der Waals surface area contributed by atoms with Crippen molar-refractivity contribution >= 4 is 149 Å². The van der Waals surface area contributed by atoms with Crippen LogP contribution in [0.3, 0.4) is 0 Å². The van der Waals surface area contributed by atoms with Gasteiger partial charge in [0.1, 0.15) is 29.1 Å². The first-order valence-electron chi connectivity index (χ1n) is 42.2. The number of anilines is 5. The van der Waals surface area contributed by atoms with E-state index in [2.05, 4.69) is 105 Å². The number of pyridine rings is 1. The third kappa shape index (κ3) is 22.5. The molecular weight excluding hydrogens is 1820 g/mol. The number of benzene rings is 9. The number of ketones is 1. The molecular formula is C104H99Cl2F6N13O7S3. The second kappa shape index (κ2) is 41.7. The van der Waals surface area contributed by atoms with Crippen molar-refractivity contribution in [2.45, 2.75) is 183 Å². The highest BCUT2D eigenvalue weighted by Gasteiger charge is 2.64. The fourth-order valence-electron chi connectivity index (χ4n) is 16.8. The molecule has 9 aromatic carbocycles. The number of rotatable bonds is 17. The molecule has 2 saturated carbocycles. The summed E-state index contributed by atoms with van der Waals surface area (Å²) in [5.41, 5.74) is 8.79. The van der Waals surface area contributed by atoms with Crippen LogP contribution in [-0.4, -0.2) is 86.3 Å². The van der Waals surface area contributed by atoms with Gasteiger partial charge in [0.2, 0.25) is 11.4 Å². The Kier molecular flexibility index (Phi) is 32.1. The van der Waals surface area contributed by atoms with Gasteiger partial charge in [-0.15, -0.1) is 4.98 Å². The highest BCUT2D eigenvalue weighted by atomic mass is 35.5. The fourth-order valence-corrected chi connectivity index (χ4v) is 19.5. The zero-order valence-electron chi connectivity index (χ0n) is 76.0. The van der Waals surface area contributed by atoms with Crippen LogP contribution in [0.25, 0.3) is 29.9 Å². The van der Waals surface area contributed by atoms with E-state index in [1.165, 1.54) is 29.7 Å². The van der Waals surface area contributed by atoms with Crippen LogP contribution in [0.5, 0.6) is 5.75 Å². The van der Waals surface area contributed by atoms with Crippen LogP contribution in [0.2, 0.25) is 10.0 Å². The van der Waals surface area contributed by atoms with Crippen LogP contribution in [0, 0.1) is 105 Å². The SMILES string of the molecule is C.[C-]#[N+]c1ccc(-n2nc(C)c(Cc3ccc(C)cc3)c2C)cc1Cl.[C-]#[N+]c1ccc(N2C(=O)C(C)(C)N(c3ccc(C)cc3)C2=S)cc1C(F)(F)F.[C-]#[N+]c1ccc(NC(=O)C(C)(O)CS(=O)c2ccc(C)cc2)cc1C.[C-]#[N+]c1ccc(OC2C(C)(C)C(CC(=O)c3ccc(C)cc3)C2(C)C)cc1Cl.[C-]#[N+]c1ncc(N2C(=O)C3(CCC3)N(c3ccc(C)cc3)C2=S)cc1C(F)(F)F. The van der Waals surface area contributed by atoms with E-state index in [0.29, 0.717) is 68.4 Å². The normalized spacial score (nSPS) is 16.4. The number of nitrogens with one attached hydrogen (secondary N) is 1. The minimum absolute atomic E-state index is 0. The molecule has 1 spiro atoms. The van der Waals surface area contributed by atoms with Crippen molar-refractivity contribution < 1.29 is 59.6 Å². The van der Waals surface area contributed by atoms with Crippen LogP contribution in [0.4, 0.5) is 83.3 Å². The summed E-state index contributed by atoms with van der Waals surface area (Å²) in [4.78, 5) is 77.3. The molecule has 3 amide bonds. The summed E-state index contributed by atoms with van der Waals surface area (Å²) in [6, 6.07) is 57.7. The molecule has 4 heterocycles. The van der Waals surface area contributed by atoms with Gasteiger partial charge < -0.3 is 29.8 Å². The van der Waals surface area contributed by atoms with Crippen molar-refractivity contribution in [1.82, 2.24) is 14.8 Å². The van der Waals surface area contributed by atoms with Gasteiger partial charge in [-0.1, -0.05) is 202 Å². The third-order valence-corrected chi connectivity index (χ3v) is 27.2. The number of thiocarbonyl (C=S) groups is 2. The maximum Gasteiger partial charge on any atom is 0.409 e. The van der Waals surface area contributed by atoms with Crippen molar-refractivity contribution in [3.63, 3.8) is 0 Å². The van der Waals surface area contributed by atoms with Crippen molar-refractivity contribution in [3.8, 4) is 11.4 Å². The number of amides is 3. The van der Waals surface area contributed by atoms with E-state index < -0.39 is 74.3 Å². The minimum atomic E-state index is -4.77. The number of aromatic nitrogens is 3. The quantitative estimate of drug-likeness (QED) is 0.0379. The molecule has 2 aromatic heterocycles. The van der Waals surface area contributed by atoms with Crippen LogP contribution in [0.15, 0.2) is 211 Å². The van der Waals surface area contributed by atoms with Gasteiger partial charge in [0.05, 0.1) is 76.1 Å². The average molecular weight is 1920 g/mol. The smallest absolute Gasteiger partial charge is 0.409 e. The Morgan fingerprint density at radius 1 is 0.563 bits per heavy atom. The topological polar surface area (TPSA) is 192 Å². The molecule has 11 aromatic rings. The lowest BCUT2D eigenvalue weighted by atomic mass is 9.44. The maximum atomic E-state index is 13.4. The average Bonchev–Trinajstić information content (AvgIpc) is 0.880. The first-order chi connectivity index (χ1) is 62.9. The lowest BCUT2D eigenvalue weighted by Gasteiger charge is -2.63. The summed E-state index contributed by atoms with van der Waals surface area (Å²) in [5.74, 6) is -1.36. The summed E-state index contributed by atoms with van der Waals surface area (Å²) in [7, 11) is -1.50. The predicted molar refractivity (Wildman–Crippen MR) is 529 cm³/mol. The van der Waals surface area contributed by atoms with E-state index in [1.807, 2.05) is 130 Å². The Morgan fingerprint density at radius 3 is 1.52 bits per heavy atom. The Morgan fingerprint density at radius 2 is 1.02 bits per heavy atom. The molecule has 20 nitrogen and oxygen atoms in total. The molecule has 0 radical (unpaired) electrons. The molecule has 15 rings (SSSR count). The Bertz CT molecular complexity index is 6630. The monoisotopic (exact) mass is 1920 g/mol. The van der Waals surface area contributed by atoms with Crippen molar-refractivity contribution in [2.24, 2.45) is 16.7 Å². The second-order valence-corrected chi connectivity index (χ2v) is 38.1. The standard InChI is InChI=1S/C24H26ClNO2.C20H18ClN3.C20H15F3N4OS.C20H16F3N3OS.C19H20N2O3S.CH4/c1-15-7-9-16(10-8-15)20(27)14-21-23(2,3)22(24(21,4)5)28-17-11-12-19(26-6)18(25)13-17;1-13-5-7-16(8-6-13)11-18-14(2)23-24(15(18)3)17-9-10-20(22-4)19(21)12-17;1-12-4-6-13(7-5-12)27-18(29)26(17(28)19(27)8-3-9-19)14-10-15(20(21,22)23)16(24-2)25-11-14;1-12-5-7-13(8-6-12)26-18(28)25(17(27)19(26,2)3)14-9-10-16(24-4)15(11-14)20(21,22)23;1-13-5-8-16(9-6-13)25(24)12-19(3,23)18(22)21-15-7-10-17(20-4)14(2)11-15;/h7-13,21-22H,14H2,1-5H3;5-10,12H,11H2,1-3H3;4-7,10-11H,3,8-9H2,1H3;5-11H,1-3H3;5-11,23H,12H2,1-3H3,(H,21,22);1H4. The fraction of sp³-hybridized carbons (Fsp3) is 0.298. The number of aliphatic hydroxyl groups is 1. The van der Waals surface area contributed by atoms with Crippen molar-refractivity contribution in [1.29, 1.82) is 0 Å². The zero-order valence-corrected chi connectivity index (χ0v) is 80.0. The van der Waals surface area contributed by atoms with Gasteiger partial charge in [0.15, 0.2) is 33.0 Å². The first-order valence-corrected chi connectivity index (χ1v) is 45.1. The number of hydrogen-bond acceptors (Lipinski definition) is 11. The molecule has 696 valence electrons. The van der Waals surface area contributed by atoms with Gasteiger partial charge >= 0.3 is 12.4 Å². The molecule has 31 heteroatoms. The van der Waals surface area contributed by atoms with Gasteiger partial charge in [-0.05, 0) is 228 Å². The van der Waals surface area contributed by atoms with Gasteiger partial charge in [-0.3, -0.25) is 33.2 Å². The predicted octanol–water partition coefficient (Wildman–Crippen LogP) is 27.0. The second-order valence-electron chi connectivity index (χ2n) is 35.1. The van der Waals surface area contributed by atoms with E-state index in [1.54, 1.807) is 91.2 Å². The number of alkyl halides is 6. The number of carbonyl (C=O) groups is 4. The largest absolute Gasteiger partial charge is 0.489 e. The summed E-state index contributed by atoms with van der Waals surface area (Å²) >= 11 is 23.3. The number of nitrogens with zero attached hydrogens (tertiary/aromatic N) is 12. The van der Waals surface area contributed by atoms with Gasteiger partial charge in [-0.2, -0.15) is 31.4 Å². The van der Waals surface area contributed by atoms with E-state index in [4.69, 9.17) is 85.2 Å². The number of halogens is 8. The van der Waals surface area contributed by atoms with Crippen LogP contribution < -0.4 is 29.7 Å². The lowest BCUT2D eigenvalue weighted by Crippen LogP contribution is -2.66. The summed E-state index contributed by atoms with van der Waals surface area (Å²) in [6.07, 6.45) is -5.13. The molecule has 2 atom stereocenters. The van der Waals surface area contributed by atoms with E-state index >= 15 is 0 Å². The molecule has 135 heavy (non-hydrogen) atoms. The number of aryl methyl sites for hydroxylation is 7. The molecule has 4 fully saturated rings. The molecule has 2 saturated heterocycles. The number of ether oxygens (including phenoxy) is 1. The Balaban J connectivity index is 0.000000175. The molecule has 2 N–H and O–H groups in total. The van der Waals surface area contributed by atoms with Gasteiger partial charge in [0, 0.05) is 73.2 Å². The van der Waals surface area contributed by atoms with Crippen LogP contribution >= 0.6 is 47.6 Å². The van der Waals surface area contributed by atoms with Crippen molar-refractivity contribution in [2.75, 3.05) is 30.7 Å². The molecule has 2 unspecified atom stereocenters. The van der Waals surface area contributed by atoms with E-state index in [9.17, 15) is 54.8 Å². The Hall–Kier alpha value is -13.3. The summed E-state index contributed by atoms with van der Waals surface area (Å²) < 4.78 is 101. The van der Waals surface area contributed by atoms with Crippen molar-refractivity contribution in [3.05, 3.63) is 346 Å². The number of carbonyl (C=O) groups excluding carboxylic acids is 4.